The second kappa shape index (κ2) is 6.82. The number of hydrogen-bond donors (Lipinski definition) is 0. The predicted molar refractivity (Wildman–Crippen MR) is 51.8 cm³/mol. The second-order valence-electron chi connectivity index (χ2n) is 4.86. The van der Waals surface area contributed by atoms with Crippen LogP contribution < -0.4 is 0 Å². The molecule has 0 aliphatic rings. The van der Waals surface area contributed by atoms with Crippen LogP contribution >= 0.6 is 0 Å². The topological polar surface area (TPSA) is 43.4 Å². The van der Waals surface area contributed by atoms with Crippen LogP contribution in [0.2, 0.25) is 0 Å². The van der Waals surface area contributed by atoms with Crippen LogP contribution in [0.4, 0.5) is 79.0 Å². The molecule has 3 nitrogen and oxygen atoms in total. The third-order valence-corrected chi connectivity index (χ3v) is 4.07. The maximum atomic E-state index is 13.0. The van der Waals surface area contributed by atoms with Crippen molar-refractivity contribution in [1.29, 1.82) is 0 Å². The van der Waals surface area contributed by atoms with E-state index < -0.39 is 57.5 Å². The van der Waals surface area contributed by atoms with Crippen LogP contribution in [-0.4, -0.2) is 55.8 Å². The van der Waals surface area contributed by atoms with E-state index in [-0.39, 0.29) is 0 Å². The van der Waals surface area contributed by atoms with E-state index in [9.17, 15) is 87.4 Å². The van der Waals surface area contributed by atoms with Crippen LogP contribution in [0.15, 0.2) is 0 Å². The first-order chi connectivity index (χ1) is 12.5. The van der Waals surface area contributed by atoms with Gasteiger partial charge >= 0.3 is 57.5 Å². The molecule has 0 unspecified atom stereocenters. The minimum Gasteiger partial charge on any atom is -0.192 e. The summed E-state index contributed by atoms with van der Waals surface area (Å²) in [7, 11) is -8.90. The van der Waals surface area contributed by atoms with Crippen LogP contribution in [0.1, 0.15) is 0 Å². The molecule has 22 heteroatoms. The highest BCUT2D eigenvalue weighted by Gasteiger charge is 2.88. The summed E-state index contributed by atoms with van der Waals surface area (Å²) in [6, 6.07) is 0. The molecule has 0 heterocycles. The van der Waals surface area contributed by atoms with Crippen molar-refractivity contribution in [3.05, 3.63) is 0 Å². The van der Waals surface area contributed by atoms with Crippen molar-refractivity contribution in [2.45, 2.75) is 47.4 Å². The summed E-state index contributed by atoms with van der Waals surface area (Å²) in [6.45, 7) is 0. The van der Waals surface area contributed by atoms with Gasteiger partial charge in [0.15, 0.2) is 0 Å². The fourth-order valence-electron chi connectivity index (χ4n) is 1.12. The number of rotatable bonds is 7. The molecule has 182 valence electrons. The zero-order valence-corrected chi connectivity index (χ0v) is 13.3. The molecule has 0 saturated heterocycles. The molecule has 0 saturated carbocycles. The zero-order chi connectivity index (χ0) is 25.2. The molecule has 0 aromatic carbocycles. The minimum atomic E-state index is -8.90. The van der Waals surface area contributed by atoms with Gasteiger partial charge in [-0.05, 0) is 0 Å². The van der Waals surface area contributed by atoms with Crippen molar-refractivity contribution in [2.75, 3.05) is 0 Å². The largest absolute Gasteiger partial charge is 0.460 e. The molecule has 0 amide bonds. The first-order valence-electron chi connectivity index (χ1n) is 5.81. The Bertz CT molecular complexity index is 742. The Balaban J connectivity index is 6.49. The van der Waals surface area contributed by atoms with Crippen LogP contribution in [-0.2, 0) is 14.3 Å². The summed E-state index contributed by atoms with van der Waals surface area (Å²) < 4.78 is 246. The van der Waals surface area contributed by atoms with Crippen molar-refractivity contribution >= 4 is 10.1 Å². The predicted octanol–water partition coefficient (Wildman–Crippen LogP) is 5.18. The maximum absolute atomic E-state index is 13.0. The molecular formula is C8F18O3S. The molecule has 0 aromatic rings. The lowest BCUT2D eigenvalue weighted by molar-refractivity contribution is -0.429. The Kier molecular flexibility index (Phi) is 6.52. The van der Waals surface area contributed by atoms with Gasteiger partial charge in [0.25, 0.3) is 0 Å². The Morgan fingerprint density at radius 1 is 0.433 bits per heavy atom. The van der Waals surface area contributed by atoms with Gasteiger partial charge in [-0.1, -0.05) is 0 Å². The Morgan fingerprint density at radius 2 is 0.700 bits per heavy atom. The van der Waals surface area contributed by atoms with E-state index in [4.69, 9.17) is 0 Å². The van der Waals surface area contributed by atoms with Crippen molar-refractivity contribution in [1.82, 2.24) is 0 Å². The molecule has 0 atom stereocenters. The normalized spacial score (nSPS) is 16.7. The molecule has 0 rings (SSSR count). The van der Waals surface area contributed by atoms with Crippen molar-refractivity contribution in [2.24, 2.45) is 0 Å². The molecule has 0 aliphatic carbocycles. The summed E-state index contributed by atoms with van der Waals surface area (Å²) in [6.07, 6.45) is -23.5. The van der Waals surface area contributed by atoms with E-state index in [0.29, 0.717) is 0 Å². The average molecular weight is 518 g/mol. The second-order valence-corrected chi connectivity index (χ2v) is 6.45. The fourth-order valence-corrected chi connectivity index (χ4v) is 2.05. The van der Waals surface area contributed by atoms with Gasteiger partial charge in [0.1, 0.15) is 0 Å². The summed E-state index contributed by atoms with van der Waals surface area (Å²) in [5.41, 5.74) is 0. The average Bonchev–Trinajstić information content (AvgIpc) is 2.42. The molecular weight excluding hydrogens is 518 g/mol. The summed E-state index contributed by atoms with van der Waals surface area (Å²) in [4.78, 5) is 0. The molecule has 0 N–H and O–H groups in total. The van der Waals surface area contributed by atoms with Crippen LogP contribution in [0, 0.1) is 0 Å². The van der Waals surface area contributed by atoms with E-state index in [1.54, 1.807) is 0 Å². The standard InChI is InChI=1S/C8F18O3S/c9-1(10,5(17,18)19)3(13,14)7(23,24)29-30(27,28)8(25,26)4(15,16)2(11,12)6(20,21)22. The Hall–Kier alpha value is -1.35. The molecule has 0 bridgehead atoms. The van der Waals surface area contributed by atoms with Crippen LogP contribution in [0.3, 0.4) is 0 Å². The third-order valence-electron chi connectivity index (χ3n) is 2.76. The summed E-state index contributed by atoms with van der Waals surface area (Å²) in [5, 5.41) is -8.23. The van der Waals surface area contributed by atoms with Crippen LogP contribution in [0.25, 0.3) is 0 Å². The number of alkyl halides is 18. The Labute approximate surface area is 150 Å². The van der Waals surface area contributed by atoms with Gasteiger partial charge in [-0.25, -0.2) is 0 Å². The fraction of sp³-hybridized carbons (Fsp3) is 1.00. The first kappa shape index (κ1) is 28.6. The molecule has 30 heavy (non-hydrogen) atoms. The highest BCUT2D eigenvalue weighted by Crippen LogP contribution is 2.58. The summed E-state index contributed by atoms with van der Waals surface area (Å²) >= 11 is 0. The molecule has 0 radical (unpaired) electrons. The summed E-state index contributed by atoms with van der Waals surface area (Å²) in [5.74, 6) is -32.6. The first-order valence-corrected chi connectivity index (χ1v) is 7.22. The van der Waals surface area contributed by atoms with E-state index in [0.717, 1.165) is 0 Å². The monoisotopic (exact) mass is 518 g/mol. The lowest BCUT2D eigenvalue weighted by Crippen LogP contribution is -2.66. The van der Waals surface area contributed by atoms with Crippen molar-refractivity contribution in [3.63, 3.8) is 0 Å². The minimum absolute atomic E-state index is 1.21. The lowest BCUT2D eigenvalue weighted by Gasteiger charge is -2.35. The van der Waals surface area contributed by atoms with Gasteiger partial charge < -0.3 is 0 Å². The highest BCUT2D eigenvalue weighted by molar-refractivity contribution is 7.87. The van der Waals surface area contributed by atoms with E-state index in [2.05, 4.69) is 0 Å². The lowest BCUT2D eigenvalue weighted by atomic mass is 10.1. The van der Waals surface area contributed by atoms with Crippen LogP contribution in [0.5, 0.6) is 0 Å². The number of halogens is 18. The molecule has 0 spiro atoms. The third kappa shape index (κ3) is 3.83. The van der Waals surface area contributed by atoms with Gasteiger partial charge in [-0.15, -0.1) is 0 Å². The van der Waals surface area contributed by atoms with Gasteiger partial charge in [0.05, 0.1) is 0 Å². The molecule has 0 fully saturated rings. The highest BCUT2D eigenvalue weighted by atomic mass is 32.2. The zero-order valence-electron chi connectivity index (χ0n) is 12.4. The molecule has 0 aromatic heterocycles. The van der Waals surface area contributed by atoms with Gasteiger partial charge in [-0.2, -0.15) is 91.6 Å². The van der Waals surface area contributed by atoms with Gasteiger partial charge in [0.2, 0.25) is 0 Å². The quantitative estimate of drug-likeness (QED) is 0.345. The van der Waals surface area contributed by atoms with Crippen molar-refractivity contribution < 1.29 is 91.6 Å². The molecule has 0 aliphatic heterocycles. The smallest absolute Gasteiger partial charge is 0.192 e. The Morgan fingerprint density at radius 3 is 0.967 bits per heavy atom. The maximum Gasteiger partial charge on any atom is 0.460 e. The van der Waals surface area contributed by atoms with E-state index in [1.165, 1.54) is 4.18 Å². The number of hydrogen-bond acceptors (Lipinski definition) is 3. The van der Waals surface area contributed by atoms with Crippen molar-refractivity contribution in [3.8, 4) is 0 Å². The van der Waals surface area contributed by atoms with Gasteiger partial charge in [-0.3, -0.25) is 0 Å². The van der Waals surface area contributed by atoms with E-state index >= 15 is 0 Å². The van der Waals surface area contributed by atoms with E-state index in [1.807, 2.05) is 0 Å². The van der Waals surface area contributed by atoms with Gasteiger partial charge in [0, 0.05) is 0 Å². The SMILES string of the molecule is O=S(=O)(OC(F)(F)C(F)(F)C(F)(F)C(F)(F)F)C(F)(F)C(F)(F)C(F)(F)C(F)(F)F.